The van der Waals surface area contributed by atoms with Gasteiger partial charge in [0.15, 0.2) is 31.0 Å². The van der Waals surface area contributed by atoms with E-state index in [0.29, 0.717) is 0 Å². The summed E-state index contributed by atoms with van der Waals surface area (Å²) in [6, 6.07) is 17.0. The third-order valence-corrected chi connectivity index (χ3v) is 9.58. The largest absolute Gasteiger partial charge is 0.462 e. The number of alkyl halides is 2. The molecule has 2 aliphatic heterocycles. The summed E-state index contributed by atoms with van der Waals surface area (Å²) in [6.07, 6.45) is -13.5. The lowest BCUT2D eigenvalue weighted by molar-refractivity contribution is -0.298. The van der Waals surface area contributed by atoms with Crippen LogP contribution in [-0.2, 0) is 70.3 Å². The molecule has 0 aliphatic carbocycles. The van der Waals surface area contributed by atoms with E-state index in [1.165, 1.54) is 0 Å². The maximum Gasteiger partial charge on any atom is 0.311 e. The fourth-order valence-corrected chi connectivity index (χ4v) is 5.61. The highest BCUT2D eigenvalue weighted by atomic mass is 19.1. The van der Waals surface area contributed by atoms with Crippen molar-refractivity contribution in [2.45, 2.75) is 173 Å². The van der Waals surface area contributed by atoms with Gasteiger partial charge in [-0.1, -0.05) is 80.6 Å². The molecule has 4 rings (SSSR count). The van der Waals surface area contributed by atoms with E-state index in [0.717, 1.165) is 11.1 Å². The fraction of sp³-hybridized carbons (Fsp3) is 0.667. The van der Waals surface area contributed by atoms with Gasteiger partial charge in [0.1, 0.15) is 43.7 Å². The maximum absolute atomic E-state index is 15.5. The van der Waals surface area contributed by atoms with Crippen LogP contribution in [-0.4, -0.2) is 104 Å². The van der Waals surface area contributed by atoms with Gasteiger partial charge in [-0.15, -0.1) is 0 Å². The molecule has 16 nitrogen and oxygen atoms in total. The van der Waals surface area contributed by atoms with Crippen LogP contribution >= 0.6 is 0 Å². The van der Waals surface area contributed by atoms with E-state index in [9.17, 15) is 24.3 Å². The number of hydrogen-bond donors (Lipinski definition) is 1. The van der Waals surface area contributed by atoms with Crippen LogP contribution in [0.1, 0.15) is 109 Å². The van der Waals surface area contributed by atoms with Gasteiger partial charge >= 0.3 is 23.9 Å². The summed E-state index contributed by atoms with van der Waals surface area (Å²) in [5, 5.41) is 14.3. The Morgan fingerprint density at radius 3 is 1.33 bits per heavy atom. The lowest BCUT2D eigenvalue weighted by Crippen LogP contribution is -2.59. The molecule has 2 fully saturated rings. The van der Waals surface area contributed by atoms with E-state index in [4.69, 9.17) is 43.4 Å². The number of aliphatic hydroxyl groups is 1. The summed E-state index contributed by atoms with van der Waals surface area (Å²) < 4.78 is 74.6. The fourth-order valence-electron chi connectivity index (χ4n) is 5.61. The average Bonchev–Trinajstić information content (AvgIpc) is 3.21. The van der Waals surface area contributed by atoms with Crippen LogP contribution in [0.3, 0.4) is 0 Å². The minimum Gasteiger partial charge on any atom is -0.462 e. The Kier molecular flexibility index (Phi) is 22.9. The summed E-state index contributed by atoms with van der Waals surface area (Å²) in [5.41, 5.74) is 7.30. The van der Waals surface area contributed by atoms with Gasteiger partial charge in [-0.3, -0.25) is 19.2 Å². The maximum atomic E-state index is 15.5. The normalized spacial score (nSPS) is 25.4. The molecule has 0 saturated carbocycles. The molecule has 2 aromatic rings. The zero-order valence-electron chi connectivity index (χ0n) is 38.8. The number of nitrogens with zero attached hydrogens (tertiary/aromatic N) is 3. The molecule has 0 radical (unpaired) electrons. The second kappa shape index (κ2) is 25.4. The molecule has 2 aliphatic rings. The topological polar surface area (TPSA) is 211 Å². The van der Waals surface area contributed by atoms with Crippen LogP contribution in [0.4, 0.5) is 8.78 Å². The zero-order valence-corrected chi connectivity index (χ0v) is 38.8. The lowest BCUT2D eigenvalue weighted by atomic mass is 9.95. The molecule has 0 spiro atoms. The van der Waals surface area contributed by atoms with E-state index in [1.54, 1.807) is 83.1 Å². The first-order valence-corrected chi connectivity index (χ1v) is 21.0. The van der Waals surface area contributed by atoms with Gasteiger partial charge in [-0.25, -0.2) is 8.78 Å². The summed E-state index contributed by atoms with van der Waals surface area (Å²) in [6.45, 7) is 19.1. The molecular formula is C48H73F2N3O13. The Bertz CT molecular complexity index is 1870. The molecular weight excluding hydrogens is 865 g/mol. The van der Waals surface area contributed by atoms with Crippen LogP contribution in [0.25, 0.3) is 10.4 Å². The number of hydrogen-bond acceptors (Lipinski definition) is 14. The molecule has 2 saturated heterocycles. The summed E-state index contributed by atoms with van der Waals surface area (Å²) >= 11 is 0. The third-order valence-electron chi connectivity index (χ3n) is 9.58. The second-order valence-electron chi connectivity index (χ2n) is 19.7. The highest BCUT2D eigenvalue weighted by Crippen LogP contribution is 2.33. The van der Waals surface area contributed by atoms with Crippen molar-refractivity contribution in [2.24, 2.45) is 26.8 Å². The van der Waals surface area contributed by atoms with Crippen molar-refractivity contribution in [1.82, 2.24) is 0 Å². The van der Waals surface area contributed by atoms with Gasteiger partial charge in [0.25, 0.3) is 0 Å². The van der Waals surface area contributed by atoms with E-state index in [2.05, 4.69) is 10.0 Å². The predicted octanol–water partition coefficient (Wildman–Crippen LogP) is 8.94. The Labute approximate surface area is 388 Å². The molecule has 1 N–H and O–H groups in total. The van der Waals surface area contributed by atoms with Crippen molar-refractivity contribution in [3.8, 4) is 0 Å². The highest BCUT2D eigenvalue weighted by molar-refractivity contribution is 5.77. The number of rotatable bonds is 13. The van der Waals surface area contributed by atoms with Gasteiger partial charge in [0, 0.05) is 4.91 Å². The molecule has 372 valence electrons. The first-order chi connectivity index (χ1) is 29.6. The van der Waals surface area contributed by atoms with Gasteiger partial charge in [0.05, 0.1) is 34.9 Å². The summed E-state index contributed by atoms with van der Waals surface area (Å²) in [7, 11) is 0. The SMILES string of the molecule is C.C.CC(C)(C)C(=O)OCC1OC(OCc2ccccc2)[C@@H](O)[C@@H](OC(=O)C(C)(C)C)[C@@H]1F.CC(C)(C)C(=O)OCC1OC(OCc2ccccc2)[C@H](N=[N+]=[N-])[C@@H](OC(=O)C(C)(C)C)[C@@H]1F. The standard InChI is InChI=1S/C23H32FN3O6.C23H33FO7.2CH4/c1-22(2,3)20(28)31-13-15-16(24)18(33-21(29)23(4,5)6)17(26-27-25)19(32-15)30-12-14-10-8-7-9-11-14;1-22(2,3)20(26)29-13-15-16(24)18(31-21(27)23(4,5)6)17(25)19(30-15)28-12-14-10-8-7-9-11-14;;/h7-11,15-19H,12-13H2,1-6H3;7-11,15-19,25H,12-13H2,1-6H3;2*1H4/t15?,16-,17-,18+,19?;15?,16-,17+,18+,19?;;/m11../s1. The number of ether oxygens (including phenoxy) is 8. The smallest absolute Gasteiger partial charge is 0.311 e. The Balaban J connectivity index is 0.000000642. The summed E-state index contributed by atoms with van der Waals surface area (Å²) in [4.78, 5) is 51.9. The molecule has 10 atom stereocenters. The quantitative estimate of drug-likeness (QED) is 0.0654. The number of benzene rings is 2. The number of carbonyl (C=O) groups is 4. The average molecular weight is 938 g/mol. The van der Waals surface area contributed by atoms with E-state index >= 15 is 8.78 Å². The van der Waals surface area contributed by atoms with Crippen LogP contribution in [0.5, 0.6) is 0 Å². The van der Waals surface area contributed by atoms with Gasteiger partial charge in [-0.05, 0) is 99.7 Å². The number of esters is 4. The molecule has 4 unspecified atom stereocenters. The van der Waals surface area contributed by atoms with Crippen LogP contribution < -0.4 is 0 Å². The molecule has 0 amide bonds. The molecule has 0 aromatic heterocycles. The summed E-state index contributed by atoms with van der Waals surface area (Å²) in [5.74, 6) is -2.42. The number of azide groups is 1. The Morgan fingerprint density at radius 1 is 0.606 bits per heavy atom. The molecule has 2 heterocycles. The van der Waals surface area contributed by atoms with Crippen molar-refractivity contribution >= 4 is 23.9 Å². The predicted molar refractivity (Wildman–Crippen MR) is 241 cm³/mol. The van der Waals surface area contributed by atoms with Crippen molar-refractivity contribution in [1.29, 1.82) is 0 Å². The van der Waals surface area contributed by atoms with Crippen LogP contribution in [0.15, 0.2) is 65.8 Å². The minimum absolute atomic E-state index is 0. The first kappa shape index (κ1) is 59.3. The number of carbonyl (C=O) groups excluding carboxylic acids is 4. The van der Waals surface area contributed by atoms with Gasteiger partial charge in [0.2, 0.25) is 0 Å². The second-order valence-corrected chi connectivity index (χ2v) is 19.7. The van der Waals surface area contributed by atoms with Crippen molar-refractivity contribution in [3.05, 3.63) is 82.2 Å². The Morgan fingerprint density at radius 2 is 0.955 bits per heavy atom. The van der Waals surface area contributed by atoms with E-state index in [1.807, 2.05) is 60.7 Å². The highest BCUT2D eigenvalue weighted by Gasteiger charge is 2.52. The lowest BCUT2D eigenvalue weighted by Gasteiger charge is -2.41. The third kappa shape index (κ3) is 17.8. The monoisotopic (exact) mass is 938 g/mol. The van der Waals surface area contributed by atoms with Gasteiger partial charge < -0.3 is 43.0 Å². The van der Waals surface area contributed by atoms with E-state index < -0.39 is 120 Å². The molecule has 66 heavy (non-hydrogen) atoms. The number of aliphatic hydroxyl groups excluding tert-OH is 1. The molecule has 0 bridgehead atoms. The van der Waals surface area contributed by atoms with E-state index in [-0.39, 0.29) is 28.1 Å². The Hall–Kier alpha value is -4.71. The van der Waals surface area contributed by atoms with Crippen molar-refractivity contribution < 1.29 is 71.0 Å². The minimum atomic E-state index is -1.92. The first-order valence-electron chi connectivity index (χ1n) is 21.0. The van der Waals surface area contributed by atoms with Crippen LogP contribution in [0, 0.1) is 21.7 Å². The van der Waals surface area contributed by atoms with Crippen molar-refractivity contribution in [3.63, 3.8) is 0 Å². The molecule has 2 aromatic carbocycles. The molecule has 18 heteroatoms. The van der Waals surface area contributed by atoms with Gasteiger partial charge in [-0.2, -0.15) is 0 Å². The zero-order chi connectivity index (χ0) is 48.2. The van der Waals surface area contributed by atoms with Crippen LogP contribution in [0.2, 0.25) is 0 Å². The number of halogens is 2. The van der Waals surface area contributed by atoms with Crippen molar-refractivity contribution in [2.75, 3.05) is 13.2 Å².